The van der Waals surface area contributed by atoms with Gasteiger partial charge in [-0.2, -0.15) is 8.42 Å². The summed E-state index contributed by atoms with van der Waals surface area (Å²) in [6, 6.07) is 15.0. The fraction of sp³-hybridized carbons (Fsp3) is 0.296. The van der Waals surface area contributed by atoms with Gasteiger partial charge in [-0.05, 0) is 42.5 Å². The van der Waals surface area contributed by atoms with E-state index in [0.29, 0.717) is 24.9 Å². The number of hydrogen-bond acceptors (Lipinski definition) is 9. The second-order valence-electron chi connectivity index (χ2n) is 9.59. The molecule has 0 radical (unpaired) electrons. The third-order valence-corrected chi connectivity index (χ3v) is 7.36. The summed E-state index contributed by atoms with van der Waals surface area (Å²) < 4.78 is 34.3. The number of aliphatic hydroxyl groups excluding tert-OH is 1. The number of rotatable bonds is 10. The van der Waals surface area contributed by atoms with E-state index in [2.05, 4.69) is 15.3 Å². The molecule has 11 nitrogen and oxygen atoms in total. The lowest BCUT2D eigenvalue weighted by molar-refractivity contribution is 0.103. The second kappa shape index (κ2) is 11.1. The average Bonchev–Trinajstić information content (AvgIpc) is 3.47. The summed E-state index contributed by atoms with van der Waals surface area (Å²) in [5.74, 6) is 0.549. The summed E-state index contributed by atoms with van der Waals surface area (Å²) in [4.78, 5) is 22.2. The molecular weight excluding hydrogens is 522 g/mol. The van der Waals surface area contributed by atoms with E-state index >= 15 is 0 Å². The average molecular weight is 552 g/mol. The molecular formula is C27H29N5O6S. The first-order chi connectivity index (χ1) is 18.7. The SMILES string of the molecule is COc1cccc(Cn2cc(C(=O)c3cncnc3N[C@@H]3C[C@H](COS(N)(=O)=O)C[C@H]3O)c3ccccc32)c1. The lowest BCUT2D eigenvalue weighted by Crippen LogP contribution is -2.29. The van der Waals surface area contributed by atoms with Crippen LogP contribution in [0.3, 0.4) is 0 Å². The number of ether oxygens (including phenoxy) is 1. The standard InChI is InChI=1S/C27H29N5O6S/c1-37-19-6-4-5-17(9-19)13-32-14-22(20-7-2-3-8-24(20)32)26(34)21-12-29-16-30-27(21)31-23-10-18(11-25(23)33)15-38-39(28,35)36/h2-9,12,14,16,18,23,25,33H,10-11,13,15H2,1H3,(H2,28,35,36)(H,29,30,31)/t18-,23+,25+/m0/s1. The highest BCUT2D eigenvalue weighted by Crippen LogP contribution is 2.31. The number of nitrogens with two attached hydrogens (primary N) is 1. The Labute approximate surface area is 225 Å². The Kier molecular flexibility index (Phi) is 7.62. The molecule has 12 heteroatoms. The monoisotopic (exact) mass is 551 g/mol. The fourth-order valence-corrected chi connectivity index (χ4v) is 5.44. The van der Waals surface area contributed by atoms with E-state index in [9.17, 15) is 18.3 Å². The number of nitrogens with zero attached hydrogens (tertiary/aromatic N) is 3. The molecule has 4 aromatic rings. The summed E-state index contributed by atoms with van der Waals surface area (Å²) in [6.45, 7) is 0.411. The van der Waals surface area contributed by atoms with Crippen molar-refractivity contribution in [2.45, 2.75) is 31.5 Å². The first-order valence-electron chi connectivity index (χ1n) is 12.4. The Morgan fingerprint density at radius 1 is 1.18 bits per heavy atom. The van der Waals surface area contributed by atoms with Crippen molar-refractivity contribution < 1.29 is 27.2 Å². The Balaban J connectivity index is 1.41. The normalized spacial score (nSPS) is 19.3. The minimum atomic E-state index is -4.07. The lowest BCUT2D eigenvalue weighted by atomic mass is 10.0. The second-order valence-corrected chi connectivity index (χ2v) is 10.8. The molecule has 0 unspecified atom stereocenters. The number of aliphatic hydroxyl groups is 1. The third-order valence-electron chi connectivity index (χ3n) is 6.89. The molecule has 2 aromatic carbocycles. The number of methoxy groups -OCH3 is 1. The summed E-state index contributed by atoms with van der Waals surface area (Å²) >= 11 is 0. The first kappa shape index (κ1) is 26.8. The van der Waals surface area contributed by atoms with Gasteiger partial charge in [0, 0.05) is 35.4 Å². The van der Waals surface area contributed by atoms with E-state index in [1.54, 1.807) is 7.11 Å². The highest BCUT2D eigenvalue weighted by Gasteiger charge is 2.35. The van der Waals surface area contributed by atoms with Gasteiger partial charge in [-0.1, -0.05) is 30.3 Å². The molecule has 4 N–H and O–H groups in total. The molecule has 1 aliphatic rings. The number of carbonyl (C=O) groups excluding carboxylic acids is 1. The summed E-state index contributed by atoms with van der Waals surface area (Å²) in [5.41, 5.74) is 2.69. The van der Waals surface area contributed by atoms with Crippen molar-refractivity contribution in [3.8, 4) is 5.75 Å². The number of hydrogen-bond donors (Lipinski definition) is 3. The van der Waals surface area contributed by atoms with E-state index in [1.165, 1.54) is 12.5 Å². The molecule has 5 rings (SSSR count). The Morgan fingerprint density at radius 3 is 2.79 bits per heavy atom. The van der Waals surface area contributed by atoms with Gasteiger partial charge in [0.25, 0.3) is 0 Å². The van der Waals surface area contributed by atoms with Crippen LogP contribution in [0.5, 0.6) is 5.75 Å². The summed E-state index contributed by atoms with van der Waals surface area (Å²) in [6.07, 6.45) is 4.55. The van der Waals surface area contributed by atoms with Gasteiger partial charge < -0.3 is 19.7 Å². The minimum Gasteiger partial charge on any atom is -0.497 e. The van der Waals surface area contributed by atoms with Crippen molar-refractivity contribution in [3.63, 3.8) is 0 Å². The van der Waals surface area contributed by atoms with Crippen LogP contribution in [-0.2, 0) is 21.0 Å². The van der Waals surface area contributed by atoms with Crippen molar-refractivity contribution in [3.05, 3.63) is 83.9 Å². The minimum absolute atomic E-state index is 0.129. The van der Waals surface area contributed by atoms with E-state index in [0.717, 1.165) is 22.2 Å². The van der Waals surface area contributed by atoms with Crippen LogP contribution >= 0.6 is 0 Å². The number of aromatic nitrogens is 3. The highest BCUT2D eigenvalue weighted by molar-refractivity contribution is 7.84. The third kappa shape index (κ3) is 6.09. The van der Waals surface area contributed by atoms with Crippen LogP contribution in [0.2, 0.25) is 0 Å². The molecule has 3 atom stereocenters. The van der Waals surface area contributed by atoms with Crippen molar-refractivity contribution in [2.24, 2.45) is 11.1 Å². The molecule has 2 heterocycles. The van der Waals surface area contributed by atoms with E-state index < -0.39 is 22.4 Å². The largest absolute Gasteiger partial charge is 0.497 e. The maximum absolute atomic E-state index is 13.9. The van der Waals surface area contributed by atoms with Crippen molar-refractivity contribution in [2.75, 3.05) is 19.0 Å². The zero-order valence-corrected chi connectivity index (χ0v) is 22.0. The molecule has 1 fully saturated rings. The van der Waals surface area contributed by atoms with Crippen LogP contribution in [0, 0.1) is 5.92 Å². The first-order valence-corrected chi connectivity index (χ1v) is 13.9. The number of anilines is 1. The van der Waals surface area contributed by atoms with Gasteiger partial charge in [-0.25, -0.2) is 15.1 Å². The summed E-state index contributed by atoms with van der Waals surface area (Å²) in [5, 5.41) is 19.5. The van der Waals surface area contributed by atoms with Gasteiger partial charge >= 0.3 is 10.3 Å². The van der Waals surface area contributed by atoms with Gasteiger partial charge in [-0.3, -0.25) is 8.98 Å². The van der Waals surface area contributed by atoms with Gasteiger partial charge in [0.2, 0.25) is 0 Å². The van der Waals surface area contributed by atoms with E-state index in [-0.39, 0.29) is 29.7 Å². The number of nitrogens with one attached hydrogen (secondary N) is 1. The number of benzene rings is 2. The van der Waals surface area contributed by atoms with Gasteiger partial charge in [-0.15, -0.1) is 0 Å². The van der Waals surface area contributed by atoms with Crippen molar-refractivity contribution in [1.29, 1.82) is 0 Å². The maximum atomic E-state index is 13.9. The predicted molar refractivity (Wildman–Crippen MR) is 145 cm³/mol. The van der Waals surface area contributed by atoms with Crippen LogP contribution in [0.25, 0.3) is 10.9 Å². The zero-order chi connectivity index (χ0) is 27.6. The maximum Gasteiger partial charge on any atom is 0.333 e. The molecule has 204 valence electrons. The molecule has 39 heavy (non-hydrogen) atoms. The molecule has 0 aliphatic heterocycles. The summed E-state index contributed by atoms with van der Waals surface area (Å²) in [7, 11) is -2.45. The van der Waals surface area contributed by atoms with Gasteiger partial charge in [0.1, 0.15) is 17.9 Å². The topological polar surface area (TPSA) is 159 Å². The Bertz CT molecular complexity index is 1610. The van der Waals surface area contributed by atoms with Gasteiger partial charge in [0.15, 0.2) is 5.78 Å². The number of fused-ring (bicyclic) bond motifs is 1. The fourth-order valence-electron chi connectivity index (χ4n) is 5.06. The number of ketones is 1. The number of carbonyl (C=O) groups is 1. The van der Waals surface area contributed by atoms with Crippen LogP contribution in [0.4, 0.5) is 5.82 Å². The molecule has 0 spiro atoms. The lowest BCUT2D eigenvalue weighted by Gasteiger charge is -2.18. The quantitative estimate of drug-likeness (QED) is 0.252. The van der Waals surface area contributed by atoms with Gasteiger partial charge in [0.05, 0.1) is 31.4 Å². The highest BCUT2D eigenvalue weighted by atomic mass is 32.2. The smallest absolute Gasteiger partial charge is 0.333 e. The van der Waals surface area contributed by atoms with E-state index in [4.69, 9.17) is 14.1 Å². The molecule has 2 aromatic heterocycles. The van der Waals surface area contributed by atoms with Crippen LogP contribution in [-0.4, -0.2) is 59.7 Å². The van der Waals surface area contributed by atoms with Crippen LogP contribution < -0.4 is 15.2 Å². The molecule has 0 amide bonds. The molecule has 0 saturated heterocycles. The van der Waals surface area contributed by atoms with Crippen LogP contribution in [0.1, 0.15) is 34.3 Å². The Hall–Kier alpha value is -3.84. The molecule has 1 aliphatic carbocycles. The predicted octanol–water partition coefficient (Wildman–Crippen LogP) is 2.49. The molecule has 0 bridgehead atoms. The zero-order valence-electron chi connectivity index (χ0n) is 21.2. The van der Waals surface area contributed by atoms with E-state index in [1.807, 2.05) is 59.3 Å². The van der Waals surface area contributed by atoms with Crippen molar-refractivity contribution in [1.82, 2.24) is 14.5 Å². The van der Waals surface area contributed by atoms with Crippen molar-refractivity contribution >= 4 is 32.8 Å². The van der Waals surface area contributed by atoms with Crippen LogP contribution in [0.15, 0.2) is 67.3 Å². The Morgan fingerprint density at radius 2 is 2.00 bits per heavy atom. The number of para-hydroxylation sites is 1. The molecule has 1 saturated carbocycles.